The first-order chi connectivity index (χ1) is 6.27. The van der Waals surface area contributed by atoms with Gasteiger partial charge in [0.05, 0.1) is 12.8 Å². The molecule has 0 fully saturated rings. The van der Waals surface area contributed by atoms with Crippen molar-refractivity contribution in [1.82, 2.24) is 4.98 Å². The standard InChI is InChI=1S/C8H10BrNO3/c1-2-12-8(11)6-5-10-7(13-6)3-4-9/h5H,2-4H2,1H3. The van der Waals surface area contributed by atoms with E-state index in [-0.39, 0.29) is 5.76 Å². The first-order valence-electron chi connectivity index (χ1n) is 3.95. The van der Waals surface area contributed by atoms with E-state index in [2.05, 4.69) is 20.9 Å². The summed E-state index contributed by atoms with van der Waals surface area (Å²) in [6, 6.07) is 0. The highest BCUT2D eigenvalue weighted by Gasteiger charge is 2.12. The third-order valence-electron chi connectivity index (χ3n) is 1.34. The number of aryl methyl sites for hydroxylation is 1. The van der Waals surface area contributed by atoms with Crippen LogP contribution in [0, 0.1) is 0 Å². The lowest BCUT2D eigenvalue weighted by Gasteiger charge is -1.95. The molecule has 13 heavy (non-hydrogen) atoms. The van der Waals surface area contributed by atoms with Gasteiger partial charge in [-0.25, -0.2) is 9.78 Å². The van der Waals surface area contributed by atoms with Crippen molar-refractivity contribution >= 4 is 21.9 Å². The summed E-state index contributed by atoms with van der Waals surface area (Å²) in [5.74, 6) is 0.244. The summed E-state index contributed by atoms with van der Waals surface area (Å²) in [7, 11) is 0. The molecule has 1 rings (SSSR count). The number of alkyl halides is 1. The van der Waals surface area contributed by atoms with Crippen LogP contribution in [-0.4, -0.2) is 22.9 Å². The molecule has 0 aliphatic carbocycles. The number of hydrogen-bond acceptors (Lipinski definition) is 4. The predicted molar refractivity (Wildman–Crippen MR) is 50.0 cm³/mol. The van der Waals surface area contributed by atoms with Crippen LogP contribution in [0.5, 0.6) is 0 Å². The van der Waals surface area contributed by atoms with Crippen LogP contribution in [0.4, 0.5) is 0 Å². The lowest BCUT2D eigenvalue weighted by Crippen LogP contribution is -2.02. The van der Waals surface area contributed by atoms with E-state index in [0.29, 0.717) is 18.9 Å². The van der Waals surface area contributed by atoms with E-state index in [9.17, 15) is 4.79 Å². The van der Waals surface area contributed by atoms with Crippen molar-refractivity contribution in [3.63, 3.8) is 0 Å². The van der Waals surface area contributed by atoms with Gasteiger partial charge in [-0.15, -0.1) is 0 Å². The molecule has 1 heterocycles. The third-order valence-corrected chi connectivity index (χ3v) is 1.74. The van der Waals surface area contributed by atoms with Crippen molar-refractivity contribution in [2.24, 2.45) is 0 Å². The van der Waals surface area contributed by atoms with Crippen molar-refractivity contribution < 1.29 is 13.9 Å². The lowest BCUT2D eigenvalue weighted by atomic mass is 10.5. The van der Waals surface area contributed by atoms with Gasteiger partial charge in [0.25, 0.3) is 0 Å². The second kappa shape index (κ2) is 5.01. The number of carbonyl (C=O) groups is 1. The maximum absolute atomic E-state index is 11.1. The number of aromatic nitrogens is 1. The van der Waals surface area contributed by atoms with Gasteiger partial charge in [-0.2, -0.15) is 0 Å². The molecule has 0 N–H and O–H groups in total. The Kier molecular flexibility index (Phi) is 3.95. The molecule has 0 bridgehead atoms. The van der Waals surface area contributed by atoms with Crippen molar-refractivity contribution in [1.29, 1.82) is 0 Å². The number of rotatable bonds is 4. The molecule has 0 saturated carbocycles. The Morgan fingerprint density at radius 3 is 3.15 bits per heavy atom. The van der Waals surface area contributed by atoms with Gasteiger partial charge in [0, 0.05) is 11.8 Å². The maximum Gasteiger partial charge on any atom is 0.375 e. The minimum atomic E-state index is -0.462. The highest BCUT2D eigenvalue weighted by Crippen LogP contribution is 2.06. The average molecular weight is 248 g/mol. The summed E-state index contributed by atoms with van der Waals surface area (Å²) in [5, 5.41) is 0.760. The first kappa shape index (κ1) is 10.2. The molecule has 0 atom stereocenters. The van der Waals surface area contributed by atoms with Crippen molar-refractivity contribution in [2.75, 3.05) is 11.9 Å². The number of hydrogen-bond donors (Lipinski definition) is 0. The van der Waals surface area contributed by atoms with Crippen molar-refractivity contribution in [2.45, 2.75) is 13.3 Å². The molecular weight excluding hydrogens is 238 g/mol. The second-order valence-electron chi connectivity index (χ2n) is 2.28. The molecule has 1 aromatic rings. The summed E-state index contributed by atoms with van der Waals surface area (Å²) >= 11 is 3.25. The van der Waals surface area contributed by atoms with Gasteiger partial charge < -0.3 is 9.15 Å². The number of oxazole rings is 1. The molecule has 4 nitrogen and oxygen atoms in total. The van der Waals surface area contributed by atoms with Gasteiger partial charge in [-0.1, -0.05) is 15.9 Å². The van der Waals surface area contributed by atoms with Crippen LogP contribution in [0.15, 0.2) is 10.6 Å². The van der Waals surface area contributed by atoms with E-state index in [1.807, 2.05) is 0 Å². The average Bonchev–Trinajstić information content (AvgIpc) is 2.54. The van der Waals surface area contributed by atoms with Gasteiger partial charge in [-0.05, 0) is 6.92 Å². The minimum absolute atomic E-state index is 0.165. The zero-order chi connectivity index (χ0) is 9.68. The summed E-state index contributed by atoms with van der Waals surface area (Å²) < 4.78 is 9.86. The van der Waals surface area contributed by atoms with Gasteiger partial charge in [0.15, 0.2) is 5.89 Å². The van der Waals surface area contributed by atoms with Crippen LogP contribution in [0.25, 0.3) is 0 Å². The molecule has 0 radical (unpaired) electrons. The van der Waals surface area contributed by atoms with E-state index in [4.69, 9.17) is 9.15 Å². The SMILES string of the molecule is CCOC(=O)c1cnc(CCBr)o1. The fourth-order valence-electron chi connectivity index (χ4n) is 0.803. The third kappa shape index (κ3) is 2.84. The fourth-order valence-corrected chi connectivity index (χ4v) is 1.14. The molecule has 0 aliphatic rings. The van der Waals surface area contributed by atoms with E-state index in [1.165, 1.54) is 6.20 Å². The monoisotopic (exact) mass is 247 g/mol. The van der Waals surface area contributed by atoms with Gasteiger partial charge in [-0.3, -0.25) is 0 Å². The summed E-state index contributed by atoms with van der Waals surface area (Å²) in [6.07, 6.45) is 2.05. The molecule has 1 aromatic heterocycles. The number of halogens is 1. The van der Waals surface area contributed by atoms with Gasteiger partial charge in [0.1, 0.15) is 0 Å². The smallest absolute Gasteiger partial charge is 0.375 e. The largest absolute Gasteiger partial charge is 0.460 e. The van der Waals surface area contributed by atoms with Crippen LogP contribution < -0.4 is 0 Å². The normalized spacial score (nSPS) is 10.0. The Bertz CT molecular complexity index is 285. The van der Waals surface area contributed by atoms with Crippen LogP contribution >= 0.6 is 15.9 Å². The predicted octanol–water partition coefficient (Wildman–Crippen LogP) is 1.79. The number of nitrogens with zero attached hydrogens (tertiary/aromatic N) is 1. The molecule has 72 valence electrons. The zero-order valence-corrected chi connectivity index (χ0v) is 8.83. The first-order valence-corrected chi connectivity index (χ1v) is 5.08. The molecule has 0 aliphatic heterocycles. The number of ether oxygens (including phenoxy) is 1. The lowest BCUT2D eigenvalue weighted by molar-refractivity contribution is 0.0488. The molecule has 0 saturated heterocycles. The molecular formula is C8H10BrNO3. The number of carbonyl (C=O) groups excluding carboxylic acids is 1. The summed E-state index contributed by atoms with van der Waals surface area (Å²) in [5.41, 5.74) is 0. The molecule has 0 amide bonds. The van der Waals surface area contributed by atoms with E-state index < -0.39 is 5.97 Å². The summed E-state index contributed by atoms with van der Waals surface area (Å²) in [4.78, 5) is 15.0. The van der Waals surface area contributed by atoms with E-state index in [1.54, 1.807) is 6.92 Å². The Labute approximate surface area is 84.4 Å². The second-order valence-corrected chi connectivity index (χ2v) is 3.07. The Balaban J connectivity index is 2.62. The highest BCUT2D eigenvalue weighted by molar-refractivity contribution is 9.09. The van der Waals surface area contributed by atoms with Gasteiger partial charge in [0.2, 0.25) is 5.76 Å². The molecule has 0 unspecified atom stereocenters. The quantitative estimate of drug-likeness (QED) is 0.602. The maximum atomic E-state index is 11.1. The topological polar surface area (TPSA) is 52.3 Å². The molecule has 0 spiro atoms. The zero-order valence-electron chi connectivity index (χ0n) is 7.25. The Morgan fingerprint density at radius 1 is 1.77 bits per heavy atom. The van der Waals surface area contributed by atoms with Gasteiger partial charge >= 0.3 is 5.97 Å². The Hall–Kier alpha value is -0.840. The highest BCUT2D eigenvalue weighted by atomic mass is 79.9. The summed E-state index contributed by atoms with van der Waals surface area (Å²) in [6.45, 7) is 2.08. The van der Waals surface area contributed by atoms with Crippen LogP contribution in [0.1, 0.15) is 23.4 Å². The van der Waals surface area contributed by atoms with E-state index >= 15 is 0 Å². The van der Waals surface area contributed by atoms with Crippen LogP contribution in [0.2, 0.25) is 0 Å². The minimum Gasteiger partial charge on any atom is -0.460 e. The van der Waals surface area contributed by atoms with Crippen LogP contribution in [-0.2, 0) is 11.2 Å². The van der Waals surface area contributed by atoms with Crippen molar-refractivity contribution in [3.05, 3.63) is 17.8 Å². The van der Waals surface area contributed by atoms with E-state index in [0.717, 1.165) is 5.33 Å². The Morgan fingerprint density at radius 2 is 2.54 bits per heavy atom. The molecule has 0 aromatic carbocycles. The molecule has 5 heteroatoms. The number of esters is 1. The van der Waals surface area contributed by atoms with Crippen molar-refractivity contribution in [3.8, 4) is 0 Å². The fraction of sp³-hybridized carbons (Fsp3) is 0.500. The van der Waals surface area contributed by atoms with Crippen LogP contribution in [0.3, 0.4) is 0 Å².